The quantitative estimate of drug-likeness (QED) is 0.364. The summed E-state index contributed by atoms with van der Waals surface area (Å²) in [5, 5.41) is 13.6. The zero-order chi connectivity index (χ0) is 20.4. The molecule has 28 heavy (non-hydrogen) atoms. The minimum absolute atomic E-state index is 0.0320. The lowest BCUT2D eigenvalue weighted by Gasteiger charge is -2.26. The first kappa shape index (κ1) is 19.1. The zero-order valence-corrected chi connectivity index (χ0v) is 15.1. The van der Waals surface area contributed by atoms with Crippen LogP contribution >= 0.6 is 11.6 Å². The Bertz CT molecular complexity index is 1030. The smallest absolute Gasteiger partial charge is 0.335 e. The highest BCUT2D eigenvalue weighted by atomic mass is 35.5. The van der Waals surface area contributed by atoms with Crippen molar-refractivity contribution in [3.8, 4) is 5.75 Å². The molecule has 0 radical (unpaired) electrons. The molecule has 142 valence electrons. The molecule has 1 fully saturated rings. The van der Waals surface area contributed by atoms with Crippen molar-refractivity contribution >= 4 is 46.9 Å². The van der Waals surface area contributed by atoms with Gasteiger partial charge in [-0.15, -0.1) is 0 Å². The van der Waals surface area contributed by atoms with Crippen LogP contribution in [0.2, 0.25) is 5.02 Å². The maximum absolute atomic E-state index is 12.8. The number of barbiturate groups is 1. The second-order valence-corrected chi connectivity index (χ2v) is 6.06. The standard InChI is InChI=1S/C18H12ClN3O6/c1-28-15-7-2-10(9-14(15)22(26)27)8-13-16(23)20-18(25)21(17(13)24)12-5-3-11(19)4-6-12/h2-9H,1H3,(H,20,23,25)/b13-8+. The number of imide groups is 2. The molecule has 1 saturated heterocycles. The number of anilines is 1. The van der Waals surface area contributed by atoms with E-state index in [9.17, 15) is 24.5 Å². The van der Waals surface area contributed by atoms with Crippen molar-refractivity contribution in [2.45, 2.75) is 0 Å². The summed E-state index contributed by atoms with van der Waals surface area (Å²) in [6, 6.07) is 8.93. The molecule has 1 aliphatic rings. The van der Waals surface area contributed by atoms with Gasteiger partial charge in [0.05, 0.1) is 17.7 Å². The van der Waals surface area contributed by atoms with Crippen LogP contribution in [-0.4, -0.2) is 29.9 Å². The summed E-state index contributed by atoms with van der Waals surface area (Å²) in [5.41, 5.74) is -0.248. The predicted octanol–water partition coefficient (Wildman–Crippen LogP) is 2.92. The Morgan fingerprint density at radius 2 is 1.82 bits per heavy atom. The van der Waals surface area contributed by atoms with Gasteiger partial charge >= 0.3 is 11.7 Å². The summed E-state index contributed by atoms with van der Waals surface area (Å²) in [6.07, 6.45) is 1.17. The lowest BCUT2D eigenvalue weighted by Crippen LogP contribution is -2.54. The van der Waals surface area contributed by atoms with Gasteiger partial charge in [0.2, 0.25) is 0 Å². The molecular formula is C18H12ClN3O6. The molecule has 0 bridgehead atoms. The molecule has 1 N–H and O–H groups in total. The van der Waals surface area contributed by atoms with Gasteiger partial charge in [-0.05, 0) is 42.0 Å². The van der Waals surface area contributed by atoms with Crippen molar-refractivity contribution in [3.63, 3.8) is 0 Å². The minimum Gasteiger partial charge on any atom is -0.490 e. The van der Waals surface area contributed by atoms with Crippen molar-refractivity contribution in [1.29, 1.82) is 0 Å². The van der Waals surface area contributed by atoms with Crippen molar-refractivity contribution < 1.29 is 24.0 Å². The van der Waals surface area contributed by atoms with E-state index in [1.54, 1.807) is 0 Å². The van der Waals surface area contributed by atoms with E-state index < -0.39 is 22.8 Å². The van der Waals surface area contributed by atoms with Gasteiger partial charge in [0.25, 0.3) is 11.8 Å². The lowest BCUT2D eigenvalue weighted by molar-refractivity contribution is -0.385. The van der Waals surface area contributed by atoms with Gasteiger partial charge in [0.15, 0.2) is 5.75 Å². The molecule has 1 heterocycles. The van der Waals surface area contributed by atoms with Crippen molar-refractivity contribution in [2.75, 3.05) is 12.0 Å². The molecule has 2 aromatic carbocycles. The Hall–Kier alpha value is -3.72. The van der Waals surface area contributed by atoms with Crippen LogP contribution in [0.3, 0.4) is 0 Å². The van der Waals surface area contributed by atoms with Crippen LogP contribution < -0.4 is 15.0 Å². The van der Waals surface area contributed by atoms with Crippen LogP contribution in [0.15, 0.2) is 48.0 Å². The first-order valence-electron chi connectivity index (χ1n) is 7.81. The number of carbonyl (C=O) groups excluding carboxylic acids is 3. The molecule has 10 heteroatoms. The summed E-state index contributed by atoms with van der Waals surface area (Å²) < 4.78 is 4.92. The molecule has 3 rings (SSSR count). The molecular weight excluding hydrogens is 390 g/mol. The zero-order valence-electron chi connectivity index (χ0n) is 14.3. The second-order valence-electron chi connectivity index (χ2n) is 5.62. The number of benzene rings is 2. The maximum Gasteiger partial charge on any atom is 0.335 e. The second kappa shape index (κ2) is 7.49. The number of hydrogen-bond acceptors (Lipinski definition) is 6. The van der Waals surface area contributed by atoms with E-state index >= 15 is 0 Å². The highest BCUT2D eigenvalue weighted by molar-refractivity contribution is 6.39. The number of hydrogen-bond donors (Lipinski definition) is 1. The average Bonchev–Trinajstić information content (AvgIpc) is 2.66. The van der Waals surface area contributed by atoms with Crippen molar-refractivity contribution in [3.05, 3.63) is 68.7 Å². The Balaban J connectivity index is 2.03. The number of halogens is 1. The number of rotatable bonds is 4. The van der Waals surface area contributed by atoms with Gasteiger partial charge in [-0.3, -0.25) is 25.0 Å². The lowest BCUT2D eigenvalue weighted by atomic mass is 10.1. The van der Waals surface area contributed by atoms with E-state index in [1.165, 1.54) is 49.6 Å². The van der Waals surface area contributed by atoms with Crippen molar-refractivity contribution in [2.24, 2.45) is 0 Å². The van der Waals surface area contributed by atoms with E-state index in [-0.39, 0.29) is 28.3 Å². The van der Waals surface area contributed by atoms with Gasteiger partial charge in [0, 0.05) is 11.1 Å². The Morgan fingerprint density at radius 1 is 1.14 bits per heavy atom. The van der Waals surface area contributed by atoms with E-state index in [4.69, 9.17) is 16.3 Å². The summed E-state index contributed by atoms with van der Waals surface area (Å²) in [4.78, 5) is 48.3. The summed E-state index contributed by atoms with van der Waals surface area (Å²) >= 11 is 5.81. The molecule has 9 nitrogen and oxygen atoms in total. The largest absolute Gasteiger partial charge is 0.490 e. The van der Waals surface area contributed by atoms with Gasteiger partial charge < -0.3 is 4.74 Å². The Labute approximate surface area is 163 Å². The fourth-order valence-corrected chi connectivity index (χ4v) is 2.71. The van der Waals surface area contributed by atoms with Gasteiger partial charge in [0.1, 0.15) is 5.57 Å². The number of nitrogens with one attached hydrogen (secondary N) is 1. The third-order valence-corrected chi connectivity index (χ3v) is 4.15. The number of nitrogens with zero attached hydrogens (tertiary/aromatic N) is 2. The Morgan fingerprint density at radius 3 is 2.43 bits per heavy atom. The predicted molar refractivity (Wildman–Crippen MR) is 100 cm³/mol. The number of ether oxygens (including phenoxy) is 1. The van der Waals surface area contributed by atoms with Crippen LogP contribution in [-0.2, 0) is 9.59 Å². The average molecular weight is 402 g/mol. The Kier molecular flexibility index (Phi) is 5.10. The topological polar surface area (TPSA) is 119 Å². The fourth-order valence-electron chi connectivity index (χ4n) is 2.59. The normalized spacial score (nSPS) is 15.6. The van der Waals surface area contributed by atoms with E-state index in [0.29, 0.717) is 5.02 Å². The highest BCUT2D eigenvalue weighted by Gasteiger charge is 2.36. The fraction of sp³-hybridized carbons (Fsp3) is 0.0556. The van der Waals surface area contributed by atoms with Gasteiger partial charge in [-0.25, -0.2) is 9.69 Å². The highest BCUT2D eigenvalue weighted by Crippen LogP contribution is 2.29. The number of amides is 4. The van der Waals surface area contributed by atoms with Crippen LogP contribution in [0.1, 0.15) is 5.56 Å². The number of methoxy groups -OCH3 is 1. The van der Waals surface area contributed by atoms with Crippen LogP contribution in [0.5, 0.6) is 5.75 Å². The summed E-state index contributed by atoms with van der Waals surface area (Å²) in [6.45, 7) is 0. The van der Waals surface area contributed by atoms with E-state index in [1.807, 2.05) is 0 Å². The molecule has 0 unspecified atom stereocenters. The molecule has 0 saturated carbocycles. The third kappa shape index (κ3) is 3.55. The van der Waals surface area contributed by atoms with Crippen LogP contribution in [0.25, 0.3) is 6.08 Å². The monoisotopic (exact) mass is 401 g/mol. The van der Waals surface area contributed by atoms with Gasteiger partial charge in [-0.2, -0.15) is 0 Å². The SMILES string of the molecule is COc1ccc(/C=C2\C(=O)NC(=O)N(c3ccc(Cl)cc3)C2=O)cc1[N+](=O)[O-]. The molecule has 4 amide bonds. The van der Waals surface area contributed by atoms with Crippen molar-refractivity contribution in [1.82, 2.24) is 5.32 Å². The first-order valence-corrected chi connectivity index (χ1v) is 8.19. The number of nitro groups is 1. The molecule has 0 atom stereocenters. The number of carbonyl (C=O) groups is 3. The first-order chi connectivity index (χ1) is 13.3. The number of urea groups is 1. The van der Waals surface area contributed by atoms with E-state index in [0.717, 1.165) is 11.0 Å². The van der Waals surface area contributed by atoms with Gasteiger partial charge in [-0.1, -0.05) is 17.7 Å². The molecule has 0 aromatic heterocycles. The molecule has 2 aromatic rings. The molecule has 1 aliphatic heterocycles. The van der Waals surface area contributed by atoms with Crippen LogP contribution in [0.4, 0.5) is 16.2 Å². The van der Waals surface area contributed by atoms with Crippen LogP contribution in [0, 0.1) is 10.1 Å². The molecule has 0 aliphatic carbocycles. The number of nitro benzene ring substituents is 1. The van der Waals surface area contributed by atoms with E-state index in [2.05, 4.69) is 5.32 Å². The maximum atomic E-state index is 12.8. The summed E-state index contributed by atoms with van der Waals surface area (Å²) in [5.74, 6) is -1.74. The molecule has 0 spiro atoms. The minimum atomic E-state index is -0.907. The third-order valence-electron chi connectivity index (χ3n) is 3.90. The summed E-state index contributed by atoms with van der Waals surface area (Å²) in [7, 11) is 1.29.